The van der Waals surface area contributed by atoms with Crippen LogP contribution in [0, 0.1) is 5.92 Å². The molecule has 2 atom stereocenters. The summed E-state index contributed by atoms with van der Waals surface area (Å²) in [6.45, 7) is 0. The maximum Gasteiger partial charge on any atom is 0.101 e. The summed E-state index contributed by atoms with van der Waals surface area (Å²) < 4.78 is 0. The zero-order valence-electron chi connectivity index (χ0n) is 13.5. The highest BCUT2D eigenvalue weighted by Gasteiger charge is 2.34. The minimum absolute atomic E-state index is 0.190. The molecule has 1 N–H and O–H groups in total. The van der Waals surface area contributed by atoms with E-state index in [0.717, 1.165) is 0 Å². The highest BCUT2D eigenvalue weighted by molar-refractivity contribution is 5.87. The van der Waals surface area contributed by atoms with Crippen molar-refractivity contribution in [2.24, 2.45) is 10.9 Å². The first-order valence-electron chi connectivity index (χ1n) is 8.86. The van der Waals surface area contributed by atoms with Gasteiger partial charge < -0.3 is 5.32 Å². The fraction of sp³-hybridized carbons (Fsp3) is 0.381. The molecule has 0 amide bonds. The Morgan fingerprint density at radius 1 is 0.739 bits per heavy atom. The van der Waals surface area contributed by atoms with Crippen molar-refractivity contribution in [2.75, 3.05) is 0 Å². The van der Waals surface area contributed by atoms with Crippen molar-refractivity contribution in [3.63, 3.8) is 0 Å². The lowest BCUT2D eigenvalue weighted by Gasteiger charge is -2.23. The first kappa shape index (κ1) is 14.5. The Morgan fingerprint density at radius 2 is 1.35 bits per heavy atom. The van der Waals surface area contributed by atoms with Crippen LogP contribution >= 0.6 is 0 Å². The normalized spacial score (nSPS) is 25.0. The second-order valence-corrected chi connectivity index (χ2v) is 6.74. The van der Waals surface area contributed by atoms with E-state index in [9.17, 15) is 0 Å². The molecule has 118 valence electrons. The van der Waals surface area contributed by atoms with Crippen LogP contribution in [0.2, 0.25) is 0 Å². The molecule has 2 heteroatoms. The van der Waals surface area contributed by atoms with Crippen LogP contribution in [-0.2, 0) is 0 Å². The highest BCUT2D eigenvalue weighted by atomic mass is 15.1. The van der Waals surface area contributed by atoms with Crippen molar-refractivity contribution in [3.05, 3.63) is 71.8 Å². The van der Waals surface area contributed by atoms with Crippen LogP contribution < -0.4 is 5.32 Å². The molecule has 0 bridgehead atoms. The van der Waals surface area contributed by atoms with E-state index in [1.54, 1.807) is 0 Å². The Labute approximate surface area is 138 Å². The van der Waals surface area contributed by atoms with Gasteiger partial charge in [-0.15, -0.1) is 0 Å². The number of rotatable bonds is 3. The molecule has 0 saturated heterocycles. The lowest BCUT2D eigenvalue weighted by atomic mass is 9.88. The van der Waals surface area contributed by atoms with E-state index >= 15 is 0 Å². The highest BCUT2D eigenvalue weighted by Crippen LogP contribution is 2.38. The van der Waals surface area contributed by atoms with Gasteiger partial charge in [0.2, 0.25) is 0 Å². The summed E-state index contributed by atoms with van der Waals surface area (Å²) in [4.78, 5) is 5.15. The van der Waals surface area contributed by atoms with Gasteiger partial charge in [0.1, 0.15) is 11.9 Å². The molecule has 4 rings (SSSR count). The number of amidine groups is 1. The minimum atomic E-state index is 0.190. The maximum atomic E-state index is 5.15. The van der Waals surface area contributed by atoms with E-state index in [2.05, 4.69) is 66.0 Å². The van der Waals surface area contributed by atoms with Gasteiger partial charge in [-0.3, -0.25) is 4.99 Å². The van der Waals surface area contributed by atoms with E-state index in [0.29, 0.717) is 5.92 Å². The van der Waals surface area contributed by atoms with Gasteiger partial charge in [0.25, 0.3) is 0 Å². The number of nitrogens with zero attached hydrogens (tertiary/aromatic N) is 1. The quantitative estimate of drug-likeness (QED) is 0.843. The number of aliphatic imine (C=N–C) groups is 1. The maximum absolute atomic E-state index is 5.15. The minimum Gasteiger partial charge on any atom is -0.364 e. The lowest BCUT2D eigenvalue weighted by molar-refractivity contribution is 0.432. The second-order valence-electron chi connectivity index (χ2n) is 6.74. The van der Waals surface area contributed by atoms with Gasteiger partial charge in [0.15, 0.2) is 0 Å². The molecule has 2 aromatic carbocycles. The van der Waals surface area contributed by atoms with E-state index in [4.69, 9.17) is 4.99 Å². The predicted octanol–water partition coefficient (Wildman–Crippen LogP) is 5.05. The third kappa shape index (κ3) is 3.03. The zero-order valence-corrected chi connectivity index (χ0v) is 13.5. The van der Waals surface area contributed by atoms with Crippen molar-refractivity contribution in [3.8, 4) is 0 Å². The molecule has 2 aromatic rings. The Balaban J connectivity index is 1.66. The summed E-state index contributed by atoms with van der Waals surface area (Å²) in [5.41, 5.74) is 2.63. The lowest BCUT2D eigenvalue weighted by Crippen LogP contribution is -2.31. The van der Waals surface area contributed by atoms with Gasteiger partial charge in [-0.25, -0.2) is 0 Å². The van der Waals surface area contributed by atoms with Crippen LogP contribution in [0.5, 0.6) is 0 Å². The third-order valence-electron chi connectivity index (χ3n) is 5.19. The molecule has 0 unspecified atom stereocenters. The largest absolute Gasteiger partial charge is 0.364 e. The molecule has 1 aliphatic carbocycles. The van der Waals surface area contributed by atoms with Crippen molar-refractivity contribution in [1.82, 2.24) is 5.32 Å². The summed E-state index contributed by atoms with van der Waals surface area (Å²) in [6, 6.07) is 21.9. The van der Waals surface area contributed by atoms with Crippen molar-refractivity contribution in [2.45, 2.75) is 44.2 Å². The van der Waals surface area contributed by atoms with Crippen molar-refractivity contribution >= 4 is 5.84 Å². The Hall–Kier alpha value is -2.09. The van der Waals surface area contributed by atoms with Gasteiger partial charge in [-0.1, -0.05) is 79.9 Å². The van der Waals surface area contributed by atoms with Gasteiger partial charge in [0.05, 0.1) is 6.04 Å². The van der Waals surface area contributed by atoms with Crippen LogP contribution in [0.3, 0.4) is 0 Å². The summed E-state index contributed by atoms with van der Waals surface area (Å²) >= 11 is 0. The van der Waals surface area contributed by atoms with Gasteiger partial charge >= 0.3 is 0 Å². The molecule has 1 saturated carbocycles. The SMILES string of the molecule is c1ccc([C@H]2N=C(C3CCCCC3)N[C@@H]2c2ccccc2)cc1. The Kier molecular flexibility index (Phi) is 4.14. The average molecular weight is 304 g/mol. The first-order chi connectivity index (χ1) is 11.4. The third-order valence-corrected chi connectivity index (χ3v) is 5.19. The summed E-state index contributed by atoms with van der Waals surface area (Å²) in [5, 5.41) is 3.78. The predicted molar refractivity (Wildman–Crippen MR) is 95.5 cm³/mol. The van der Waals surface area contributed by atoms with E-state index in [-0.39, 0.29) is 12.1 Å². The Morgan fingerprint density at radius 3 is 2.00 bits per heavy atom. The van der Waals surface area contributed by atoms with E-state index < -0.39 is 0 Å². The second kappa shape index (κ2) is 6.57. The number of benzene rings is 2. The topological polar surface area (TPSA) is 24.4 Å². The molecule has 0 spiro atoms. The van der Waals surface area contributed by atoms with Crippen LogP contribution in [0.25, 0.3) is 0 Å². The molecule has 2 nitrogen and oxygen atoms in total. The molecule has 1 aliphatic heterocycles. The monoisotopic (exact) mass is 304 g/mol. The van der Waals surface area contributed by atoms with E-state index in [1.807, 2.05) is 0 Å². The molecular weight excluding hydrogens is 280 g/mol. The van der Waals surface area contributed by atoms with Gasteiger partial charge in [-0.05, 0) is 24.0 Å². The summed E-state index contributed by atoms with van der Waals surface area (Å²) in [7, 11) is 0. The van der Waals surface area contributed by atoms with Crippen molar-refractivity contribution in [1.29, 1.82) is 0 Å². The number of hydrogen-bond acceptors (Lipinski definition) is 2. The molecule has 1 fully saturated rings. The van der Waals surface area contributed by atoms with Crippen LogP contribution in [-0.4, -0.2) is 5.84 Å². The fourth-order valence-electron chi connectivity index (χ4n) is 3.94. The van der Waals surface area contributed by atoms with Gasteiger partial charge in [-0.2, -0.15) is 0 Å². The molecular formula is C21H24N2. The molecule has 0 aromatic heterocycles. The summed E-state index contributed by atoms with van der Waals surface area (Å²) in [6.07, 6.45) is 6.65. The number of hydrogen-bond donors (Lipinski definition) is 1. The molecule has 2 aliphatic rings. The molecule has 23 heavy (non-hydrogen) atoms. The number of nitrogens with one attached hydrogen (secondary N) is 1. The zero-order chi connectivity index (χ0) is 15.5. The van der Waals surface area contributed by atoms with Crippen LogP contribution in [0.4, 0.5) is 0 Å². The molecule has 0 radical (unpaired) electrons. The van der Waals surface area contributed by atoms with Crippen LogP contribution in [0.1, 0.15) is 55.3 Å². The molecule has 1 heterocycles. The van der Waals surface area contributed by atoms with Gasteiger partial charge in [0, 0.05) is 5.92 Å². The smallest absolute Gasteiger partial charge is 0.101 e. The van der Waals surface area contributed by atoms with Crippen LogP contribution in [0.15, 0.2) is 65.7 Å². The fourth-order valence-corrected chi connectivity index (χ4v) is 3.94. The average Bonchev–Trinajstić information content (AvgIpc) is 3.09. The Bertz CT molecular complexity index is 657. The summed E-state index contributed by atoms with van der Waals surface area (Å²) in [5.74, 6) is 1.87. The van der Waals surface area contributed by atoms with E-state index in [1.165, 1.54) is 49.1 Å². The van der Waals surface area contributed by atoms with Crippen molar-refractivity contribution < 1.29 is 0 Å². The standard InChI is InChI=1S/C21H24N2/c1-4-10-16(11-5-1)19-20(17-12-6-2-7-13-17)23-21(22-19)18-14-8-3-9-15-18/h1-2,4-7,10-13,18-20H,3,8-9,14-15H2,(H,22,23)/t19-,20-/m1/s1. The first-order valence-corrected chi connectivity index (χ1v) is 8.86.